The number of Topliss-reactive ketones (excluding diaryl/α,β-unsaturated/α-hetero) is 1. The molecular weight excluding hydrogens is 426 g/mol. The quantitative estimate of drug-likeness (QED) is 0.494. The van der Waals surface area contributed by atoms with Crippen molar-refractivity contribution in [1.82, 2.24) is 5.32 Å². The second kappa shape index (κ2) is 9.68. The zero-order valence-corrected chi connectivity index (χ0v) is 19.9. The molecule has 8 heteroatoms. The van der Waals surface area contributed by atoms with Crippen LogP contribution in [0.1, 0.15) is 52.0 Å². The largest absolute Gasteiger partial charge is 0.504 e. The number of hydrogen-bond acceptors (Lipinski definition) is 8. The molecule has 178 valence electrons. The number of hydrogen-bond donors (Lipinski definition) is 2. The van der Waals surface area contributed by atoms with Gasteiger partial charge in [0.15, 0.2) is 17.3 Å². The van der Waals surface area contributed by atoms with Crippen molar-refractivity contribution in [2.75, 3.05) is 14.2 Å². The number of methoxy groups -OCH3 is 2. The van der Waals surface area contributed by atoms with Crippen LogP contribution in [0.15, 0.2) is 40.7 Å². The van der Waals surface area contributed by atoms with Gasteiger partial charge in [-0.3, -0.25) is 9.59 Å². The highest BCUT2D eigenvalue weighted by atomic mass is 16.5. The molecule has 33 heavy (non-hydrogen) atoms. The highest BCUT2D eigenvalue weighted by Gasteiger charge is 2.47. The molecule has 0 bridgehead atoms. The summed E-state index contributed by atoms with van der Waals surface area (Å²) in [6.45, 7) is 7.31. The standard InChI is InChI=1S/C25H31NO7/c1-7-13(3)33-25(30)20-14(4)26-16-10-12(2)19(24(29)32-6)23(28)22(16)21(20)15-8-9-17(27)18(11-15)31-5/h8-9,11-13,19,21,26-27H,7,10H2,1-6H3/t12-,13+,19+,21+/m0/s1. The second-order valence-corrected chi connectivity index (χ2v) is 8.59. The molecule has 1 heterocycles. The van der Waals surface area contributed by atoms with Crippen molar-refractivity contribution in [3.05, 3.63) is 46.3 Å². The first-order valence-corrected chi connectivity index (χ1v) is 11.0. The smallest absolute Gasteiger partial charge is 0.337 e. The van der Waals surface area contributed by atoms with Gasteiger partial charge in [0.2, 0.25) is 0 Å². The van der Waals surface area contributed by atoms with Crippen LogP contribution in [0.4, 0.5) is 0 Å². The van der Waals surface area contributed by atoms with Gasteiger partial charge in [-0.15, -0.1) is 0 Å². The van der Waals surface area contributed by atoms with Crippen molar-refractivity contribution in [1.29, 1.82) is 0 Å². The van der Waals surface area contributed by atoms with Crippen LogP contribution < -0.4 is 10.1 Å². The molecule has 1 aliphatic heterocycles. The average Bonchev–Trinajstić information content (AvgIpc) is 2.77. The summed E-state index contributed by atoms with van der Waals surface area (Å²) in [7, 11) is 2.68. The van der Waals surface area contributed by atoms with E-state index in [1.807, 2.05) is 13.8 Å². The van der Waals surface area contributed by atoms with Gasteiger partial charge in [0.25, 0.3) is 0 Å². The zero-order chi connectivity index (χ0) is 24.4. The van der Waals surface area contributed by atoms with E-state index < -0.39 is 23.8 Å². The number of carbonyl (C=O) groups excluding carboxylic acids is 3. The van der Waals surface area contributed by atoms with E-state index >= 15 is 0 Å². The number of phenols is 1. The number of ketones is 1. The number of benzene rings is 1. The summed E-state index contributed by atoms with van der Waals surface area (Å²) in [5.74, 6) is -3.42. The van der Waals surface area contributed by atoms with Gasteiger partial charge in [-0.1, -0.05) is 19.9 Å². The number of ether oxygens (including phenoxy) is 3. The Morgan fingerprint density at radius 2 is 1.97 bits per heavy atom. The first-order chi connectivity index (χ1) is 15.6. The van der Waals surface area contributed by atoms with Gasteiger partial charge in [0.1, 0.15) is 5.92 Å². The van der Waals surface area contributed by atoms with Crippen molar-refractivity contribution in [2.24, 2.45) is 11.8 Å². The zero-order valence-electron chi connectivity index (χ0n) is 19.9. The topological polar surface area (TPSA) is 111 Å². The molecule has 0 unspecified atom stereocenters. The number of rotatable bonds is 6. The monoisotopic (exact) mass is 457 g/mol. The predicted octanol–water partition coefficient (Wildman–Crippen LogP) is 3.36. The molecule has 0 amide bonds. The van der Waals surface area contributed by atoms with Crippen molar-refractivity contribution >= 4 is 17.7 Å². The molecule has 2 aliphatic rings. The summed E-state index contributed by atoms with van der Waals surface area (Å²) in [4.78, 5) is 39.4. The third-order valence-corrected chi connectivity index (χ3v) is 6.38. The van der Waals surface area contributed by atoms with Gasteiger partial charge in [-0.05, 0) is 50.3 Å². The Labute approximate surface area is 193 Å². The SMILES string of the molecule is CC[C@@H](C)OC(=O)C1=C(C)NC2=C(C(=O)[C@H](C(=O)OC)[C@@H](C)C2)[C@@H]1c1ccc(O)c(OC)c1. The summed E-state index contributed by atoms with van der Waals surface area (Å²) in [6, 6.07) is 4.69. The molecule has 0 spiro atoms. The molecule has 3 rings (SSSR count). The van der Waals surface area contributed by atoms with E-state index in [-0.39, 0.29) is 34.9 Å². The highest BCUT2D eigenvalue weighted by Crippen LogP contribution is 2.46. The van der Waals surface area contributed by atoms with Crippen molar-refractivity contribution in [3.63, 3.8) is 0 Å². The number of carbonyl (C=O) groups is 3. The molecule has 1 aromatic carbocycles. The Bertz CT molecular complexity index is 1040. The lowest BCUT2D eigenvalue weighted by Gasteiger charge is -2.38. The molecule has 0 saturated carbocycles. The Hall–Kier alpha value is -3.29. The van der Waals surface area contributed by atoms with Gasteiger partial charge in [-0.2, -0.15) is 0 Å². The molecule has 1 aromatic rings. The van der Waals surface area contributed by atoms with E-state index in [1.165, 1.54) is 20.3 Å². The fourth-order valence-corrected chi connectivity index (χ4v) is 4.49. The van der Waals surface area contributed by atoms with Crippen LogP contribution in [0.25, 0.3) is 0 Å². The first-order valence-electron chi connectivity index (χ1n) is 11.0. The van der Waals surface area contributed by atoms with Gasteiger partial charge < -0.3 is 24.6 Å². The maximum Gasteiger partial charge on any atom is 0.337 e. The van der Waals surface area contributed by atoms with Crippen LogP contribution in [-0.2, 0) is 23.9 Å². The van der Waals surface area contributed by atoms with E-state index in [0.717, 1.165) is 0 Å². The minimum atomic E-state index is -0.970. The number of nitrogens with one attached hydrogen (secondary N) is 1. The van der Waals surface area contributed by atoms with Crippen LogP contribution in [-0.4, -0.2) is 43.2 Å². The average molecular weight is 458 g/mol. The van der Waals surface area contributed by atoms with Crippen LogP contribution in [0.2, 0.25) is 0 Å². The van der Waals surface area contributed by atoms with Crippen LogP contribution in [0, 0.1) is 11.8 Å². The molecule has 0 saturated heterocycles. The van der Waals surface area contributed by atoms with Gasteiger partial charge in [-0.25, -0.2) is 4.79 Å². The predicted molar refractivity (Wildman–Crippen MR) is 120 cm³/mol. The molecular formula is C25H31NO7. The van der Waals surface area contributed by atoms with E-state index in [2.05, 4.69) is 5.32 Å². The van der Waals surface area contributed by atoms with Crippen molar-refractivity contribution in [3.8, 4) is 11.5 Å². The number of dihydropyridines is 1. The lowest BCUT2D eigenvalue weighted by atomic mass is 9.69. The second-order valence-electron chi connectivity index (χ2n) is 8.59. The lowest BCUT2D eigenvalue weighted by molar-refractivity contribution is -0.151. The summed E-state index contributed by atoms with van der Waals surface area (Å²) in [5.41, 5.74) is 2.43. The Balaban J connectivity index is 2.20. The normalized spacial score (nSPS) is 23.5. The number of phenolic OH excluding ortho intramolecular Hbond substituents is 1. The van der Waals surface area contributed by atoms with Crippen molar-refractivity contribution in [2.45, 2.75) is 52.6 Å². The van der Waals surface area contributed by atoms with Gasteiger partial charge in [0, 0.05) is 22.9 Å². The number of esters is 2. The summed E-state index contributed by atoms with van der Waals surface area (Å²) in [6.07, 6.45) is 0.767. The van der Waals surface area contributed by atoms with E-state index in [0.29, 0.717) is 35.4 Å². The molecule has 4 atom stereocenters. The number of allylic oxidation sites excluding steroid dienone is 3. The maximum absolute atomic E-state index is 13.7. The molecule has 2 N–H and O–H groups in total. The lowest BCUT2D eigenvalue weighted by Crippen LogP contribution is -2.43. The summed E-state index contributed by atoms with van der Waals surface area (Å²) < 4.78 is 15.8. The first kappa shape index (κ1) is 24.4. The highest BCUT2D eigenvalue weighted by molar-refractivity contribution is 6.12. The molecule has 0 aromatic heterocycles. The fourth-order valence-electron chi connectivity index (χ4n) is 4.49. The fraction of sp³-hybridized carbons (Fsp3) is 0.480. The van der Waals surface area contributed by atoms with Gasteiger partial charge in [0.05, 0.1) is 25.9 Å². The molecule has 8 nitrogen and oxygen atoms in total. The molecule has 0 fully saturated rings. The van der Waals surface area contributed by atoms with Crippen LogP contribution >= 0.6 is 0 Å². The number of aromatic hydroxyl groups is 1. The van der Waals surface area contributed by atoms with Crippen LogP contribution in [0.5, 0.6) is 11.5 Å². The van der Waals surface area contributed by atoms with Crippen molar-refractivity contribution < 1.29 is 33.7 Å². The van der Waals surface area contributed by atoms with Gasteiger partial charge >= 0.3 is 11.9 Å². The van der Waals surface area contributed by atoms with E-state index in [9.17, 15) is 19.5 Å². The maximum atomic E-state index is 13.7. The Morgan fingerprint density at radius 3 is 2.58 bits per heavy atom. The third kappa shape index (κ3) is 4.47. The summed E-state index contributed by atoms with van der Waals surface area (Å²) in [5, 5.41) is 13.3. The molecule has 0 radical (unpaired) electrons. The third-order valence-electron chi connectivity index (χ3n) is 6.38. The van der Waals surface area contributed by atoms with E-state index in [4.69, 9.17) is 14.2 Å². The molecule has 1 aliphatic carbocycles. The van der Waals surface area contributed by atoms with Crippen LogP contribution in [0.3, 0.4) is 0 Å². The minimum Gasteiger partial charge on any atom is -0.504 e. The Kier molecular flexibility index (Phi) is 7.15. The Morgan fingerprint density at radius 1 is 1.27 bits per heavy atom. The van der Waals surface area contributed by atoms with E-state index in [1.54, 1.807) is 26.0 Å². The summed E-state index contributed by atoms with van der Waals surface area (Å²) >= 11 is 0. The minimum absolute atomic E-state index is 0.0650.